The summed E-state index contributed by atoms with van der Waals surface area (Å²) in [6, 6.07) is 6.01. The van der Waals surface area contributed by atoms with Gasteiger partial charge in [0.2, 0.25) is 5.91 Å². The molecule has 1 fully saturated rings. The van der Waals surface area contributed by atoms with Gasteiger partial charge in [-0.25, -0.2) is 4.39 Å². The highest BCUT2D eigenvalue weighted by atomic mass is 19.1. The van der Waals surface area contributed by atoms with Crippen molar-refractivity contribution >= 4 is 5.91 Å². The largest absolute Gasteiger partial charge is 0.347 e. The molecule has 0 spiro atoms. The first-order valence-electron chi connectivity index (χ1n) is 9.14. The molecule has 0 radical (unpaired) electrons. The molecule has 1 aromatic carbocycles. The van der Waals surface area contributed by atoms with Gasteiger partial charge in [-0.05, 0) is 44.6 Å². The average molecular weight is 359 g/mol. The predicted octanol–water partition coefficient (Wildman–Crippen LogP) is 2.84. The van der Waals surface area contributed by atoms with E-state index in [-0.39, 0.29) is 11.7 Å². The molecule has 1 N–H and O–H groups in total. The van der Waals surface area contributed by atoms with Crippen molar-refractivity contribution in [2.75, 3.05) is 14.1 Å². The monoisotopic (exact) mass is 359 g/mol. The Kier molecular flexibility index (Phi) is 5.98. The number of hydrogen-bond acceptors (Lipinski definition) is 4. The van der Waals surface area contributed by atoms with Crippen molar-refractivity contribution in [3.05, 3.63) is 47.8 Å². The summed E-state index contributed by atoms with van der Waals surface area (Å²) >= 11 is 0. The van der Waals surface area contributed by atoms with Crippen molar-refractivity contribution in [2.45, 2.75) is 50.7 Å². The van der Waals surface area contributed by atoms with E-state index >= 15 is 0 Å². The van der Waals surface area contributed by atoms with Gasteiger partial charge in [-0.2, -0.15) is 0 Å². The Bertz CT molecular complexity index is 739. The van der Waals surface area contributed by atoms with Crippen LogP contribution in [0.5, 0.6) is 0 Å². The van der Waals surface area contributed by atoms with E-state index in [1.165, 1.54) is 31.4 Å². The number of benzene rings is 1. The van der Waals surface area contributed by atoms with Crippen molar-refractivity contribution in [1.82, 2.24) is 25.0 Å². The fraction of sp³-hybridized carbons (Fsp3) is 0.526. The van der Waals surface area contributed by atoms with Gasteiger partial charge in [0.25, 0.3) is 0 Å². The van der Waals surface area contributed by atoms with Gasteiger partial charge in [0.05, 0.1) is 6.54 Å². The number of carbonyl (C=O) groups is 1. The number of aromatic nitrogens is 3. The Labute approximate surface area is 153 Å². The number of likely N-dealkylation sites (N-methyl/N-ethyl adjacent to an activating group) is 1. The van der Waals surface area contributed by atoms with Crippen molar-refractivity contribution < 1.29 is 9.18 Å². The van der Waals surface area contributed by atoms with Crippen LogP contribution in [0.1, 0.15) is 55.6 Å². The summed E-state index contributed by atoms with van der Waals surface area (Å²) in [6.07, 6.45) is 7.73. The van der Waals surface area contributed by atoms with Crippen LogP contribution in [0.4, 0.5) is 4.39 Å². The topological polar surface area (TPSA) is 63.1 Å². The number of hydrogen-bond donors (Lipinski definition) is 1. The normalized spacial score (nSPS) is 16.6. The quantitative estimate of drug-likeness (QED) is 0.861. The Balaban J connectivity index is 1.68. The van der Waals surface area contributed by atoms with Crippen LogP contribution in [0.25, 0.3) is 0 Å². The van der Waals surface area contributed by atoms with E-state index in [0.717, 1.165) is 18.7 Å². The van der Waals surface area contributed by atoms with E-state index in [9.17, 15) is 9.18 Å². The van der Waals surface area contributed by atoms with E-state index in [1.807, 2.05) is 0 Å². The van der Waals surface area contributed by atoms with Gasteiger partial charge in [0.1, 0.15) is 18.2 Å². The minimum Gasteiger partial charge on any atom is -0.347 e. The van der Waals surface area contributed by atoms with Gasteiger partial charge >= 0.3 is 0 Å². The molecule has 1 aromatic heterocycles. The van der Waals surface area contributed by atoms with Gasteiger partial charge in [0, 0.05) is 6.04 Å². The number of nitrogens with zero attached hydrogens (tertiary/aromatic N) is 4. The van der Waals surface area contributed by atoms with Crippen molar-refractivity contribution in [2.24, 2.45) is 0 Å². The molecular weight excluding hydrogens is 333 g/mol. The first kappa shape index (κ1) is 18.5. The van der Waals surface area contributed by atoms with Crippen LogP contribution in [-0.4, -0.2) is 39.7 Å². The fourth-order valence-corrected chi connectivity index (χ4v) is 3.68. The molecule has 6 nitrogen and oxygen atoms in total. The lowest BCUT2D eigenvalue weighted by Gasteiger charge is -2.25. The molecule has 3 rings (SSSR count). The van der Waals surface area contributed by atoms with E-state index in [4.69, 9.17) is 0 Å². The Hall–Kier alpha value is -2.28. The standard InChI is InChI=1S/C19H26FN5O/c1-24(2)18(14-7-6-8-15(20)11-14)19(26)21-12-17-23-22-13-25(17)16-9-4-3-5-10-16/h6-8,11,13,16,18H,3-5,9-10,12H2,1-2H3,(H,21,26)/t18-/m0/s1. The summed E-state index contributed by atoms with van der Waals surface area (Å²) in [6.45, 7) is 0.314. The molecule has 7 heteroatoms. The molecular formula is C19H26FN5O. The first-order valence-corrected chi connectivity index (χ1v) is 9.14. The molecule has 1 heterocycles. The molecule has 0 saturated heterocycles. The highest BCUT2D eigenvalue weighted by Gasteiger charge is 2.24. The summed E-state index contributed by atoms with van der Waals surface area (Å²) in [5.74, 6) is 0.236. The Morgan fingerprint density at radius 2 is 2.12 bits per heavy atom. The molecule has 0 unspecified atom stereocenters. The number of carbonyl (C=O) groups excluding carboxylic acids is 1. The molecule has 26 heavy (non-hydrogen) atoms. The second-order valence-electron chi connectivity index (χ2n) is 7.09. The van der Waals surface area contributed by atoms with Gasteiger partial charge < -0.3 is 9.88 Å². The second-order valence-corrected chi connectivity index (χ2v) is 7.09. The van der Waals surface area contributed by atoms with Crippen LogP contribution in [0, 0.1) is 5.82 Å². The molecule has 1 saturated carbocycles. The van der Waals surface area contributed by atoms with E-state index < -0.39 is 6.04 Å². The van der Waals surface area contributed by atoms with Crippen LogP contribution in [0.3, 0.4) is 0 Å². The minimum absolute atomic E-state index is 0.182. The third kappa shape index (κ3) is 4.27. The molecule has 1 amide bonds. The SMILES string of the molecule is CN(C)[C@H](C(=O)NCc1nncn1C1CCCCC1)c1cccc(F)c1. The van der Waals surface area contributed by atoms with Crippen LogP contribution in [0.2, 0.25) is 0 Å². The first-order chi connectivity index (χ1) is 12.6. The van der Waals surface area contributed by atoms with E-state index in [1.54, 1.807) is 37.5 Å². The predicted molar refractivity (Wildman–Crippen MR) is 96.8 cm³/mol. The zero-order chi connectivity index (χ0) is 18.5. The molecule has 140 valence electrons. The molecule has 0 bridgehead atoms. The van der Waals surface area contributed by atoms with Gasteiger partial charge in [-0.3, -0.25) is 9.69 Å². The van der Waals surface area contributed by atoms with Crippen molar-refractivity contribution in [3.8, 4) is 0 Å². The van der Waals surface area contributed by atoms with Gasteiger partial charge in [0.15, 0.2) is 5.82 Å². The number of amides is 1. The van der Waals surface area contributed by atoms with E-state index in [2.05, 4.69) is 20.1 Å². The molecule has 2 aromatic rings. The number of rotatable bonds is 6. The number of halogens is 1. The Morgan fingerprint density at radius 3 is 2.81 bits per heavy atom. The highest BCUT2D eigenvalue weighted by Crippen LogP contribution is 2.28. The van der Waals surface area contributed by atoms with Crippen LogP contribution in [0.15, 0.2) is 30.6 Å². The van der Waals surface area contributed by atoms with Gasteiger partial charge in [-0.15, -0.1) is 10.2 Å². The van der Waals surface area contributed by atoms with Crippen molar-refractivity contribution in [1.29, 1.82) is 0 Å². The lowest BCUT2D eigenvalue weighted by molar-refractivity contribution is -0.126. The summed E-state index contributed by atoms with van der Waals surface area (Å²) in [5, 5.41) is 11.1. The summed E-state index contributed by atoms with van der Waals surface area (Å²) < 4.78 is 15.6. The molecule has 1 aliphatic rings. The van der Waals surface area contributed by atoms with Crippen LogP contribution >= 0.6 is 0 Å². The maximum atomic E-state index is 13.6. The molecule has 1 atom stereocenters. The maximum Gasteiger partial charge on any atom is 0.242 e. The lowest BCUT2D eigenvalue weighted by Crippen LogP contribution is -2.37. The third-order valence-electron chi connectivity index (χ3n) is 4.97. The summed E-state index contributed by atoms with van der Waals surface area (Å²) in [5.41, 5.74) is 0.626. The lowest BCUT2D eigenvalue weighted by atomic mass is 9.95. The summed E-state index contributed by atoms with van der Waals surface area (Å²) in [7, 11) is 3.61. The van der Waals surface area contributed by atoms with Crippen molar-refractivity contribution in [3.63, 3.8) is 0 Å². The van der Waals surface area contributed by atoms with Crippen LogP contribution in [-0.2, 0) is 11.3 Å². The third-order valence-corrected chi connectivity index (χ3v) is 4.97. The van der Waals surface area contributed by atoms with Crippen LogP contribution < -0.4 is 5.32 Å². The maximum absolute atomic E-state index is 13.6. The summed E-state index contributed by atoms with van der Waals surface area (Å²) in [4.78, 5) is 14.5. The zero-order valence-electron chi connectivity index (χ0n) is 15.4. The number of nitrogens with one attached hydrogen (secondary N) is 1. The second kappa shape index (κ2) is 8.40. The Morgan fingerprint density at radius 1 is 1.35 bits per heavy atom. The fourth-order valence-electron chi connectivity index (χ4n) is 3.68. The van der Waals surface area contributed by atoms with E-state index in [0.29, 0.717) is 18.2 Å². The van der Waals surface area contributed by atoms with Gasteiger partial charge in [-0.1, -0.05) is 31.4 Å². The molecule has 1 aliphatic carbocycles. The minimum atomic E-state index is -0.559. The highest BCUT2D eigenvalue weighted by molar-refractivity contribution is 5.83. The average Bonchev–Trinajstić information content (AvgIpc) is 3.09. The smallest absolute Gasteiger partial charge is 0.242 e. The zero-order valence-corrected chi connectivity index (χ0v) is 15.4. The molecule has 0 aliphatic heterocycles.